The highest BCUT2D eigenvalue weighted by Crippen LogP contribution is 2.23. The summed E-state index contributed by atoms with van der Waals surface area (Å²) in [5.74, 6) is -0.0596. The van der Waals surface area contributed by atoms with Crippen LogP contribution < -0.4 is 5.32 Å². The van der Waals surface area contributed by atoms with Crippen LogP contribution in [0.3, 0.4) is 0 Å². The number of aliphatic hydroxyl groups excluding tert-OH is 1. The molecule has 2 aliphatic heterocycles. The highest BCUT2D eigenvalue weighted by atomic mass is 19.1. The molecule has 2 aromatic rings. The molecule has 0 unspecified atom stereocenters. The predicted molar refractivity (Wildman–Crippen MR) is 109 cm³/mol. The summed E-state index contributed by atoms with van der Waals surface area (Å²) in [5.41, 5.74) is 1.05. The van der Waals surface area contributed by atoms with Crippen molar-refractivity contribution in [2.24, 2.45) is 0 Å². The Morgan fingerprint density at radius 3 is 2.90 bits per heavy atom. The van der Waals surface area contributed by atoms with Gasteiger partial charge < -0.3 is 24.4 Å². The van der Waals surface area contributed by atoms with E-state index in [1.54, 1.807) is 6.07 Å². The molecule has 168 valence electrons. The van der Waals surface area contributed by atoms with Crippen LogP contribution in [0.15, 0.2) is 34.9 Å². The third kappa shape index (κ3) is 6.10. The molecule has 31 heavy (non-hydrogen) atoms. The number of benzene rings is 1. The summed E-state index contributed by atoms with van der Waals surface area (Å²) in [5, 5.41) is 17.2. The van der Waals surface area contributed by atoms with Gasteiger partial charge in [0, 0.05) is 37.7 Å². The molecule has 2 fully saturated rings. The van der Waals surface area contributed by atoms with Crippen LogP contribution in [0.5, 0.6) is 0 Å². The normalized spacial score (nSPS) is 24.8. The number of amides is 1. The van der Waals surface area contributed by atoms with Crippen molar-refractivity contribution in [2.75, 3.05) is 32.8 Å². The predicted octanol–water partition coefficient (Wildman–Crippen LogP) is 1.53. The average molecular weight is 433 g/mol. The van der Waals surface area contributed by atoms with Gasteiger partial charge in [-0.05, 0) is 31.0 Å². The molecule has 0 bridgehead atoms. The summed E-state index contributed by atoms with van der Waals surface area (Å²) in [6.45, 7) is 4.07. The molecule has 3 atom stereocenters. The lowest BCUT2D eigenvalue weighted by Gasteiger charge is -2.33. The van der Waals surface area contributed by atoms with E-state index in [0.29, 0.717) is 25.8 Å². The molecule has 3 heterocycles. The van der Waals surface area contributed by atoms with Crippen molar-refractivity contribution in [1.29, 1.82) is 0 Å². The summed E-state index contributed by atoms with van der Waals surface area (Å²) in [7, 11) is 0. The Balaban J connectivity index is 1.27. The zero-order valence-corrected chi connectivity index (χ0v) is 17.3. The van der Waals surface area contributed by atoms with E-state index in [1.165, 1.54) is 18.2 Å². The van der Waals surface area contributed by atoms with Gasteiger partial charge in [0.05, 0.1) is 37.7 Å². The van der Waals surface area contributed by atoms with Crippen molar-refractivity contribution in [3.05, 3.63) is 53.2 Å². The molecule has 9 heteroatoms. The largest absolute Gasteiger partial charge is 0.390 e. The van der Waals surface area contributed by atoms with Crippen LogP contribution >= 0.6 is 0 Å². The number of carbonyl (C=O) groups excluding carboxylic acids is 1. The molecule has 0 spiro atoms. The molecular weight excluding hydrogens is 405 g/mol. The molecule has 1 aromatic heterocycles. The summed E-state index contributed by atoms with van der Waals surface area (Å²) >= 11 is 0. The number of hydrogen-bond donors (Lipinski definition) is 2. The topological polar surface area (TPSA) is 97.1 Å². The molecule has 0 saturated carbocycles. The standard InChI is InChI=1S/C22H28FN3O5/c23-16-3-1-2-15(10-16)22(28)24-13-21-20(27)5-4-18(30-21)11-17-12-19(31-25-17)14-26-6-8-29-9-7-26/h1-3,10,12,18,20-21,27H,4-9,11,13-14H2,(H,24,28)/t18-,20-,21+/m0/s1. The highest BCUT2D eigenvalue weighted by molar-refractivity contribution is 5.94. The molecule has 2 N–H and O–H groups in total. The number of nitrogens with zero attached hydrogens (tertiary/aromatic N) is 2. The smallest absolute Gasteiger partial charge is 0.251 e. The van der Waals surface area contributed by atoms with Gasteiger partial charge in [-0.15, -0.1) is 0 Å². The molecular formula is C22H28FN3O5. The number of ether oxygens (including phenoxy) is 2. The van der Waals surface area contributed by atoms with Crippen molar-refractivity contribution in [3.63, 3.8) is 0 Å². The molecule has 4 rings (SSSR count). The second-order valence-corrected chi connectivity index (χ2v) is 8.04. The van der Waals surface area contributed by atoms with Gasteiger partial charge in [-0.25, -0.2) is 4.39 Å². The maximum Gasteiger partial charge on any atom is 0.251 e. The number of nitrogens with one attached hydrogen (secondary N) is 1. The fourth-order valence-corrected chi connectivity index (χ4v) is 3.95. The lowest BCUT2D eigenvalue weighted by Crippen LogP contribution is -2.46. The number of hydrogen-bond acceptors (Lipinski definition) is 7. The van der Waals surface area contributed by atoms with Crippen LogP contribution in [-0.2, 0) is 22.4 Å². The van der Waals surface area contributed by atoms with Crippen molar-refractivity contribution in [1.82, 2.24) is 15.4 Å². The average Bonchev–Trinajstić information content (AvgIpc) is 3.21. The van der Waals surface area contributed by atoms with Crippen molar-refractivity contribution in [3.8, 4) is 0 Å². The Bertz CT molecular complexity index is 870. The quantitative estimate of drug-likeness (QED) is 0.683. The first-order chi connectivity index (χ1) is 15.1. The van der Waals surface area contributed by atoms with Gasteiger partial charge in [-0.1, -0.05) is 11.2 Å². The fourth-order valence-electron chi connectivity index (χ4n) is 3.95. The first-order valence-electron chi connectivity index (χ1n) is 10.7. The summed E-state index contributed by atoms with van der Waals surface area (Å²) < 4.78 is 30.2. The lowest BCUT2D eigenvalue weighted by molar-refractivity contribution is -0.114. The minimum absolute atomic E-state index is 0.124. The van der Waals surface area contributed by atoms with Gasteiger partial charge in [-0.2, -0.15) is 0 Å². The van der Waals surface area contributed by atoms with Gasteiger partial charge >= 0.3 is 0 Å². The summed E-state index contributed by atoms with van der Waals surface area (Å²) in [6, 6.07) is 7.43. The van der Waals surface area contributed by atoms with Crippen LogP contribution in [0.4, 0.5) is 4.39 Å². The van der Waals surface area contributed by atoms with Crippen molar-refractivity contribution >= 4 is 5.91 Å². The van der Waals surface area contributed by atoms with Crippen LogP contribution in [0, 0.1) is 5.82 Å². The molecule has 1 aromatic carbocycles. The molecule has 0 radical (unpaired) electrons. The van der Waals surface area contributed by atoms with Gasteiger partial charge in [0.1, 0.15) is 11.9 Å². The van der Waals surface area contributed by atoms with E-state index in [2.05, 4.69) is 15.4 Å². The van der Waals surface area contributed by atoms with Crippen LogP contribution in [0.25, 0.3) is 0 Å². The highest BCUT2D eigenvalue weighted by Gasteiger charge is 2.31. The van der Waals surface area contributed by atoms with E-state index in [-0.39, 0.29) is 18.2 Å². The van der Waals surface area contributed by atoms with E-state index < -0.39 is 23.9 Å². The van der Waals surface area contributed by atoms with Gasteiger partial charge in [0.25, 0.3) is 5.91 Å². The molecule has 8 nitrogen and oxygen atoms in total. The number of rotatable bonds is 7. The van der Waals surface area contributed by atoms with E-state index >= 15 is 0 Å². The molecule has 0 aliphatic carbocycles. The first kappa shape index (κ1) is 21.9. The van der Waals surface area contributed by atoms with Crippen molar-refractivity contribution < 1.29 is 28.3 Å². The second kappa shape index (κ2) is 10.3. The van der Waals surface area contributed by atoms with Gasteiger partial charge in [0.2, 0.25) is 0 Å². The molecule has 1 amide bonds. The second-order valence-electron chi connectivity index (χ2n) is 8.04. The van der Waals surface area contributed by atoms with Gasteiger partial charge in [-0.3, -0.25) is 9.69 Å². The third-order valence-corrected chi connectivity index (χ3v) is 5.66. The lowest BCUT2D eigenvalue weighted by atomic mass is 9.98. The Morgan fingerprint density at radius 1 is 1.26 bits per heavy atom. The number of aliphatic hydroxyl groups is 1. The van der Waals surface area contributed by atoms with Gasteiger partial charge in [0.15, 0.2) is 5.76 Å². The van der Waals surface area contributed by atoms with Crippen molar-refractivity contribution in [2.45, 2.75) is 44.1 Å². The zero-order chi connectivity index (χ0) is 21.6. The van der Waals surface area contributed by atoms with Crippen LogP contribution in [-0.4, -0.2) is 72.2 Å². The summed E-state index contributed by atoms with van der Waals surface area (Å²) in [6.07, 6.45) is 0.522. The zero-order valence-electron chi connectivity index (χ0n) is 17.3. The Labute approximate surface area is 180 Å². The van der Waals surface area contributed by atoms with E-state index in [1.807, 2.05) is 6.07 Å². The van der Waals surface area contributed by atoms with E-state index in [4.69, 9.17) is 14.0 Å². The number of carbonyl (C=O) groups is 1. The Morgan fingerprint density at radius 2 is 2.10 bits per heavy atom. The minimum atomic E-state index is -0.668. The van der Waals surface area contributed by atoms with E-state index in [0.717, 1.165) is 37.8 Å². The van der Waals surface area contributed by atoms with Crippen LogP contribution in [0.2, 0.25) is 0 Å². The fraction of sp³-hybridized carbons (Fsp3) is 0.545. The maximum absolute atomic E-state index is 13.3. The number of aromatic nitrogens is 1. The number of halogens is 1. The van der Waals surface area contributed by atoms with E-state index in [9.17, 15) is 14.3 Å². The molecule has 2 saturated heterocycles. The maximum atomic E-state index is 13.3. The monoisotopic (exact) mass is 433 g/mol. The number of morpholine rings is 1. The SMILES string of the molecule is O=C(NC[C@H]1O[C@H](Cc2cc(CN3CCOCC3)on2)CC[C@@H]1O)c1cccc(F)c1. The Kier molecular flexibility index (Phi) is 7.29. The molecule has 2 aliphatic rings. The van der Waals surface area contributed by atoms with Crippen LogP contribution in [0.1, 0.15) is 34.7 Å². The summed E-state index contributed by atoms with van der Waals surface area (Å²) in [4.78, 5) is 14.5. The first-order valence-corrected chi connectivity index (χ1v) is 10.7. The minimum Gasteiger partial charge on any atom is -0.390 e. The third-order valence-electron chi connectivity index (χ3n) is 5.66. The Hall–Kier alpha value is -2.33.